The van der Waals surface area contributed by atoms with E-state index < -0.39 is 11.9 Å². The van der Waals surface area contributed by atoms with E-state index in [9.17, 15) is 14.4 Å². The fraction of sp³-hybridized carbons (Fsp3) is 0.190. The number of nitrogens with zero attached hydrogens (tertiary/aromatic N) is 1. The largest absolute Gasteiger partial charge is 0.354 e. The van der Waals surface area contributed by atoms with Crippen molar-refractivity contribution in [1.82, 2.24) is 15.2 Å². The van der Waals surface area contributed by atoms with Crippen LogP contribution in [0.5, 0.6) is 0 Å². The van der Waals surface area contributed by atoms with Gasteiger partial charge in [-0.05, 0) is 29.7 Å². The van der Waals surface area contributed by atoms with Crippen LogP contribution in [0.2, 0.25) is 0 Å². The summed E-state index contributed by atoms with van der Waals surface area (Å²) in [4.78, 5) is 36.9. The van der Waals surface area contributed by atoms with Crippen LogP contribution in [0, 0.1) is 0 Å². The van der Waals surface area contributed by atoms with Crippen LogP contribution in [-0.4, -0.2) is 34.9 Å². The number of amides is 3. The first kappa shape index (κ1) is 17.8. The number of rotatable bonds is 5. The molecule has 2 aromatic carbocycles. The first-order valence-corrected chi connectivity index (χ1v) is 9.13. The van der Waals surface area contributed by atoms with Crippen molar-refractivity contribution in [2.75, 3.05) is 11.9 Å². The summed E-state index contributed by atoms with van der Waals surface area (Å²) in [6, 6.07) is 15.9. The zero-order valence-corrected chi connectivity index (χ0v) is 15.1. The van der Waals surface area contributed by atoms with Crippen LogP contribution in [-0.2, 0) is 16.1 Å². The summed E-state index contributed by atoms with van der Waals surface area (Å²) in [5, 5.41) is 9.29. The van der Waals surface area contributed by atoms with E-state index in [1.807, 2.05) is 36.5 Å². The quantitative estimate of drug-likeness (QED) is 0.635. The molecule has 0 bridgehead atoms. The number of hydrogen-bond donors (Lipinski definition) is 3. The van der Waals surface area contributed by atoms with Crippen LogP contribution in [0.25, 0.3) is 10.9 Å². The summed E-state index contributed by atoms with van der Waals surface area (Å²) in [5.74, 6) is -1.06. The fourth-order valence-electron chi connectivity index (χ4n) is 3.36. The van der Waals surface area contributed by atoms with Gasteiger partial charge in [0.15, 0.2) is 0 Å². The number of aromatic nitrogens is 1. The van der Waals surface area contributed by atoms with Crippen LogP contribution >= 0.6 is 0 Å². The molecule has 0 unspecified atom stereocenters. The molecular formula is C21H20N4O3. The number of nitrogens with one attached hydrogen (secondary N) is 3. The van der Waals surface area contributed by atoms with Gasteiger partial charge in [0.1, 0.15) is 6.04 Å². The van der Waals surface area contributed by atoms with Crippen LogP contribution in [0.15, 0.2) is 60.8 Å². The molecule has 0 spiro atoms. The van der Waals surface area contributed by atoms with E-state index in [1.165, 1.54) is 0 Å². The van der Waals surface area contributed by atoms with Crippen molar-refractivity contribution in [2.45, 2.75) is 19.0 Å². The van der Waals surface area contributed by atoms with Gasteiger partial charge in [0.05, 0.1) is 17.7 Å². The monoisotopic (exact) mass is 376 g/mol. The zero-order valence-electron chi connectivity index (χ0n) is 15.1. The van der Waals surface area contributed by atoms with E-state index in [1.54, 1.807) is 24.3 Å². The third-order valence-corrected chi connectivity index (χ3v) is 4.80. The Kier molecular flexibility index (Phi) is 4.80. The number of hydrogen-bond acceptors (Lipinski definition) is 3. The highest BCUT2D eigenvalue weighted by molar-refractivity contribution is 6.10. The van der Waals surface area contributed by atoms with E-state index in [-0.39, 0.29) is 18.2 Å². The second-order valence-electron chi connectivity index (χ2n) is 6.68. The third kappa shape index (κ3) is 3.59. The summed E-state index contributed by atoms with van der Waals surface area (Å²) >= 11 is 0. The van der Waals surface area contributed by atoms with E-state index in [4.69, 9.17) is 0 Å². The van der Waals surface area contributed by atoms with Crippen molar-refractivity contribution < 1.29 is 14.4 Å². The van der Waals surface area contributed by atoms with Crippen molar-refractivity contribution in [3.8, 4) is 0 Å². The number of carbonyl (C=O) groups is 3. The summed E-state index contributed by atoms with van der Waals surface area (Å²) in [6.07, 6.45) is 1.87. The van der Waals surface area contributed by atoms with Crippen LogP contribution < -0.4 is 16.0 Å². The van der Waals surface area contributed by atoms with Gasteiger partial charge in [0.25, 0.3) is 5.91 Å². The predicted octanol–water partition coefficient (Wildman–Crippen LogP) is 1.90. The lowest BCUT2D eigenvalue weighted by molar-refractivity contribution is -0.125. The number of anilines is 1. The summed E-state index contributed by atoms with van der Waals surface area (Å²) in [5.41, 5.74) is 1.94. The van der Waals surface area contributed by atoms with Gasteiger partial charge in [-0.1, -0.05) is 30.3 Å². The van der Waals surface area contributed by atoms with Crippen molar-refractivity contribution in [3.05, 3.63) is 66.4 Å². The second kappa shape index (κ2) is 7.56. The molecule has 0 aliphatic carbocycles. The van der Waals surface area contributed by atoms with Crippen molar-refractivity contribution >= 4 is 34.3 Å². The van der Waals surface area contributed by atoms with Gasteiger partial charge >= 0.3 is 0 Å². The molecule has 3 N–H and O–H groups in total. The number of para-hydroxylation sites is 2. The Morgan fingerprint density at radius 1 is 1.04 bits per heavy atom. The van der Waals surface area contributed by atoms with Crippen molar-refractivity contribution in [2.24, 2.45) is 0 Å². The average Bonchev–Trinajstić information content (AvgIpc) is 3.06. The molecule has 28 heavy (non-hydrogen) atoms. The lowest BCUT2D eigenvalue weighted by Crippen LogP contribution is -2.44. The minimum Gasteiger partial charge on any atom is -0.354 e. The molecule has 1 atom stereocenters. The molecule has 1 aliphatic heterocycles. The molecule has 7 nitrogen and oxygen atoms in total. The maximum absolute atomic E-state index is 12.4. The van der Waals surface area contributed by atoms with Crippen LogP contribution in [0.1, 0.15) is 16.8 Å². The fourth-order valence-corrected chi connectivity index (χ4v) is 3.36. The van der Waals surface area contributed by atoms with Gasteiger partial charge in [-0.2, -0.15) is 0 Å². The van der Waals surface area contributed by atoms with E-state index in [0.717, 1.165) is 10.9 Å². The summed E-state index contributed by atoms with van der Waals surface area (Å²) < 4.78 is 2.06. The van der Waals surface area contributed by atoms with Gasteiger partial charge < -0.3 is 20.5 Å². The molecule has 7 heteroatoms. The molecule has 142 valence electrons. The zero-order chi connectivity index (χ0) is 19.5. The van der Waals surface area contributed by atoms with E-state index in [0.29, 0.717) is 24.3 Å². The minimum atomic E-state index is -0.910. The molecule has 0 radical (unpaired) electrons. The molecule has 1 aliphatic rings. The van der Waals surface area contributed by atoms with Crippen LogP contribution in [0.4, 0.5) is 5.69 Å². The maximum Gasteiger partial charge on any atom is 0.254 e. The van der Waals surface area contributed by atoms with Crippen molar-refractivity contribution in [1.29, 1.82) is 0 Å². The molecule has 4 rings (SSSR count). The summed E-state index contributed by atoms with van der Waals surface area (Å²) in [6.45, 7) is 1.05. The van der Waals surface area contributed by atoms with Crippen LogP contribution in [0.3, 0.4) is 0 Å². The topological polar surface area (TPSA) is 92.2 Å². The molecule has 2 heterocycles. The average molecular weight is 376 g/mol. The number of carbonyl (C=O) groups excluding carboxylic acids is 3. The Bertz CT molecular complexity index is 1060. The highest BCUT2D eigenvalue weighted by Crippen LogP contribution is 2.19. The van der Waals surface area contributed by atoms with Gasteiger partial charge in [-0.15, -0.1) is 0 Å². The molecule has 3 amide bonds. The SMILES string of the molecule is O=C(C[C@H]1NC(=O)c2ccccc2NC1=O)NCCn1ccc2ccccc21. The molecule has 0 saturated heterocycles. The van der Waals surface area contributed by atoms with E-state index in [2.05, 4.69) is 20.5 Å². The molecule has 0 fully saturated rings. The second-order valence-corrected chi connectivity index (χ2v) is 6.68. The lowest BCUT2D eigenvalue weighted by Gasteiger charge is -2.14. The van der Waals surface area contributed by atoms with E-state index >= 15 is 0 Å². The Balaban J connectivity index is 1.34. The first-order chi connectivity index (χ1) is 13.6. The molecule has 0 saturated carbocycles. The van der Waals surface area contributed by atoms with Gasteiger partial charge in [-0.25, -0.2) is 0 Å². The Labute approximate surface area is 161 Å². The standard InChI is InChI=1S/C21H20N4O3/c26-19(22-10-12-25-11-9-14-5-1-4-8-18(14)25)13-17-21(28)23-16-7-3-2-6-15(16)20(27)24-17/h1-9,11,17H,10,12-13H2,(H,22,26)(H,23,28)(H,24,27)/t17-/m1/s1. The van der Waals surface area contributed by atoms with Gasteiger partial charge in [0.2, 0.25) is 11.8 Å². The minimum absolute atomic E-state index is 0.113. The number of fused-ring (bicyclic) bond motifs is 2. The predicted molar refractivity (Wildman–Crippen MR) is 106 cm³/mol. The van der Waals surface area contributed by atoms with Crippen molar-refractivity contribution in [3.63, 3.8) is 0 Å². The number of benzene rings is 2. The van der Waals surface area contributed by atoms with Gasteiger partial charge in [-0.3, -0.25) is 14.4 Å². The maximum atomic E-state index is 12.4. The third-order valence-electron chi connectivity index (χ3n) is 4.80. The lowest BCUT2D eigenvalue weighted by atomic mass is 10.1. The smallest absolute Gasteiger partial charge is 0.254 e. The highest BCUT2D eigenvalue weighted by Gasteiger charge is 2.29. The first-order valence-electron chi connectivity index (χ1n) is 9.13. The normalized spacial score (nSPS) is 16.1. The Morgan fingerprint density at radius 3 is 2.71 bits per heavy atom. The Morgan fingerprint density at radius 2 is 1.82 bits per heavy atom. The van der Waals surface area contributed by atoms with Gasteiger partial charge in [0, 0.05) is 24.8 Å². The molecule has 3 aromatic rings. The molecular weight excluding hydrogens is 356 g/mol. The highest BCUT2D eigenvalue weighted by atomic mass is 16.2. The molecule has 1 aromatic heterocycles. The summed E-state index contributed by atoms with van der Waals surface area (Å²) in [7, 11) is 0. The Hall–Kier alpha value is -3.61.